The van der Waals surface area contributed by atoms with Gasteiger partial charge in [0.2, 0.25) is 5.56 Å². The van der Waals surface area contributed by atoms with E-state index in [9.17, 15) is 9.59 Å². The lowest BCUT2D eigenvalue weighted by atomic mass is 9.88. The molecular formula is C19H19NO4. The van der Waals surface area contributed by atoms with Crippen molar-refractivity contribution in [2.75, 3.05) is 14.2 Å². The molecular weight excluding hydrogens is 306 g/mol. The highest BCUT2D eigenvalue weighted by Crippen LogP contribution is 2.34. The molecule has 3 rings (SSSR count). The normalized spacial score (nSPS) is 15.3. The highest BCUT2D eigenvalue weighted by atomic mass is 16.5. The molecule has 0 saturated carbocycles. The first-order valence-electron chi connectivity index (χ1n) is 7.72. The van der Waals surface area contributed by atoms with E-state index in [1.807, 2.05) is 24.3 Å². The summed E-state index contributed by atoms with van der Waals surface area (Å²) in [5, 5.41) is 0. The van der Waals surface area contributed by atoms with Gasteiger partial charge in [0, 0.05) is 35.5 Å². The number of allylic oxidation sites excluding steroid dienone is 1. The van der Waals surface area contributed by atoms with Crippen LogP contribution in [0.2, 0.25) is 0 Å². The van der Waals surface area contributed by atoms with Crippen LogP contribution < -0.4 is 15.0 Å². The van der Waals surface area contributed by atoms with Gasteiger partial charge in [0.1, 0.15) is 0 Å². The molecule has 1 heterocycles. The van der Waals surface area contributed by atoms with Crippen molar-refractivity contribution >= 4 is 11.9 Å². The Morgan fingerprint density at radius 3 is 2.54 bits per heavy atom. The molecule has 0 unspecified atom stereocenters. The van der Waals surface area contributed by atoms with Crippen molar-refractivity contribution in [1.29, 1.82) is 0 Å². The molecule has 0 aliphatic heterocycles. The number of pyridine rings is 1. The molecule has 0 fully saturated rings. The van der Waals surface area contributed by atoms with Gasteiger partial charge in [-0.15, -0.1) is 0 Å². The third-order valence-electron chi connectivity index (χ3n) is 4.37. The first-order valence-corrected chi connectivity index (χ1v) is 7.72. The summed E-state index contributed by atoms with van der Waals surface area (Å²) in [6.45, 7) is 0. The van der Waals surface area contributed by atoms with Crippen LogP contribution in [0.1, 0.15) is 28.0 Å². The fourth-order valence-corrected chi connectivity index (χ4v) is 3.08. The average Bonchev–Trinajstić information content (AvgIpc) is 2.60. The van der Waals surface area contributed by atoms with Crippen LogP contribution in [-0.2, 0) is 13.5 Å². The van der Waals surface area contributed by atoms with Crippen molar-refractivity contribution in [2.45, 2.75) is 12.8 Å². The molecule has 1 aromatic heterocycles. The van der Waals surface area contributed by atoms with Crippen LogP contribution >= 0.6 is 0 Å². The number of ether oxygens (including phenoxy) is 2. The summed E-state index contributed by atoms with van der Waals surface area (Å²) in [6.07, 6.45) is 3.09. The molecule has 1 aliphatic carbocycles. The number of benzene rings is 1. The van der Waals surface area contributed by atoms with Gasteiger partial charge in [0.25, 0.3) is 0 Å². The lowest BCUT2D eigenvalue weighted by molar-refractivity contribution is 0.102. The molecule has 1 aliphatic rings. The monoisotopic (exact) mass is 325 g/mol. The van der Waals surface area contributed by atoms with Crippen molar-refractivity contribution in [3.63, 3.8) is 0 Å². The molecule has 0 radical (unpaired) electrons. The molecule has 0 amide bonds. The van der Waals surface area contributed by atoms with Gasteiger partial charge in [-0.25, -0.2) is 0 Å². The number of carbonyl (C=O) groups excluding carboxylic acids is 1. The highest BCUT2D eigenvalue weighted by Gasteiger charge is 2.24. The Morgan fingerprint density at radius 1 is 1.04 bits per heavy atom. The van der Waals surface area contributed by atoms with Gasteiger partial charge < -0.3 is 14.0 Å². The molecule has 5 nitrogen and oxygen atoms in total. The maximum Gasteiger partial charge on any atom is 0.250 e. The molecule has 0 bridgehead atoms. The zero-order chi connectivity index (χ0) is 17.3. The molecule has 0 saturated heterocycles. The van der Waals surface area contributed by atoms with Crippen molar-refractivity contribution in [1.82, 2.24) is 4.57 Å². The van der Waals surface area contributed by atoms with E-state index in [-0.39, 0.29) is 11.3 Å². The molecule has 0 spiro atoms. The topological polar surface area (TPSA) is 57.5 Å². The fraction of sp³-hybridized carbons (Fsp3) is 0.263. The van der Waals surface area contributed by atoms with Gasteiger partial charge >= 0.3 is 0 Å². The van der Waals surface area contributed by atoms with Crippen LogP contribution in [0.25, 0.3) is 6.08 Å². The first kappa shape index (κ1) is 16.1. The predicted molar refractivity (Wildman–Crippen MR) is 91.9 cm³/mol. The number of Topliss-reactive ketones (excluding diaryl/α,β-unsaturated/α-hetero) is 1. The number of rotatable bonds is 3. The minimum absolute atomic E-state index is 0.0447. The number of aromatic nitrogens is 1. The minimum Gasteiger partial charge on any atom is -0.493 e. The van der Waals surface area contributed by atoms with Gasteiger partial charge in [-0.05, 0) is 31.1 Å². The quantitative estimate of drug-likeness (QED) is 0.814. The second-order valence-corrected chi connectivity index (χ2v) is 5.67. The van der Waals surface area contributed by atoms with E-state index < -0.39 is 0 Å². The van der Waals surface area contributed by atoms with Gasteiger partial charge in [-0.2, -0.15) is 0 Å². The number of ketones is 1. The summed E-state index contributed by atoms with van der Waals surface area (Å²) in [6, 6.07) is 8.62. The summed E-state index contributed by atoms with van der Waals surface area (Å²) < 4.78 is 12.3. The Morgan fingerprint density at radius 2 is 1.83 bits per heavy atom. The standard InChI is InChI=1S/C19H19NO4/c1-20-15-9-7-12(18(22)14(15)8-10-17(20)21)11-13-5-4-6-16(23-2)19(13)24-3/h4-6,8,10-11H,7,9H2,1-3H3/b12-11-. The maximum atomic E-state index is 12.8. The fourth-order valence-electron chi connectivity index (χ4n) is 3.08. The summed E-state index contributed by atoms with van der Waals surface area (Å²) in [5.74, 6) is 1.18. The molecule has 2 aromatic rings. The molecule has 24 heavy (non-hydrogen) atoms. The van der Waals surface area contributed by atoms with E-state index in [0.717, 1.165) is 11.3 Å². The number of hydrogen-bond donors (Lipinski definition) is 0. The van der Waals surface area contributed by atoms with Crippen LogP contribution in [0.15, 0.2) is 40.7 Å². The first-order chi connectivity index (χ1) is 11.6. The molecule has 1 aromatic carbocycles. The number of para-hydroxylation sites is 1. The van der Waals surface area contributed by atoms with E-state index in [1.54, 1.807) is 31.9 Å². The summed E-state index contributed by atoms with van der Waals surface area (Å²) in [7, 11) is 4.86. The van der Waals surface area contributed by atoms with E-state index in [0.29, 0.717) is 35.5 Å². The second kappa shape index (κ2) is 6.35. The van der Waals surface area contributed by atoms with Crippen molar-refractivity contribution in [3.8, 4) is 11.5 Å². The van der Waals surface area contributed by atoms with E-state index in [1.165, 1.54) is 6.07 Å². The largest absolute Gasteiger partial charge is 0.493 e. The van der Waals surface area contributed by atoms with E-state index in [4.69, 9.17) is 9.47 Å². The number of methoxy groups -OCH3 is 2. The summed E-state index contributed by atoms with van der Waals surface area (Å²) >= 11 is 0. The molecule has 5 heteroatoms. The Labute approximate surface area is 140 Å². The predicted octanol–water partition coefficient (Wildman–Crippen LogP) is 2.62. The minimum atomic E-state index is -0.0940. The third kappa shape index (κ3) is 2.62. The lowest BCUT2D eigenvalue weighted by Gasteiger charge is -2.20. The van der Waals surface area contributed by atoms with Crippen LogP contribution in [0.5, 0.6) is 11.5 Å². The Kier molecular flexibility index (Phi) is 4.25. The van der Waals surface area contributed by atoms with Gasteiger partial charge in [0.05, 0.1) is 14.2 Å². The number of fused-ring (bicyclic) bond motifs is 1. The van der Waals surface area contributed by atoms with E-state index in [2.05, 4.69) is 0 Å². The average molecular weight is 325 g/mol. The number of hydrogen-bond acceptors (Lipinski definition) is 4. The molecule has 0 atom stereocenters. The van der Waals surface area contributed by atoms with Crippen LogP contribution in [0, 0.1) is 0 Å². The van der Waals surface area contributed by atoms with Gasteiger partial charge in [0.15, 0.2) is 17.3 Å². The maximum absolute atomic E-state index is 12.8. The van der Waals surface area contributed by atoms with E-state index >= 15 is 0 Å². The zero-order valence-electron chi connectivity index (χ0n) is 14.0. The van der Waals surface area contributed by atoms with Crippen LogP contribution in [0.3, 0.4) is 0 Å². The molecule has 124 valence electrons. The number of nitrogens with zero attached hydrogens (tertiary/aromatic N) is 1. The zero-order valence-corrected chi connectivity index (χ0v) is 14.0. The molecule has 0 N–H and O–H groups in total. The van der Waals surface area contributed by atoms with Gasteiger partial charge in [-0.3, -0.25) is 9.59 Å². The van der Waals surface area contributed by atoms with Gasteiger partial charge in [-0.1, -0.05) is 12.1 Å². The summed E-state index contributed by atoms with van der Waals surface area (Å²) in [4.78, 5) is 24.5. The van der Waals surface area contributed by atoms with Crippen molar-refractivity contribution in [3.05, 3.63) is 63.1 Å². The number of carbonyl (C=O) groups is 1. The smallest absolute Gasteiger partial charge is 0.250 e. The Bertz CT molecular complexity index is 893. The van der Waals surface area contributed by atoms with Crippen LogP contribution in [0.4, 0.5) is 0 Å². The van der Waals surface area contributed by atoms with Crippen molar-refractivity contribution in [2.24, 2.45) is 7.05 Å². The third-order valence-corrected chi connectivity index (χ3v) is 4.37. The lowest BCUT2D eigenvalue weighted by Crippen LogP contribution is -2.26. The highest BCUT2D eigenvalue weighted by molar-refractivity contribution is 6.13. The van der Waals surface area contributed by atoms with Crippen LogP contribution in [-0.4, -0.2) is 24.6 Å². The SMILES string of the molecule is COc1cccc(/C=C2/CCc3c(ccc(=O)n3C)C2=O)c1OC. The summed E-state index contributed by atoms with van der Waals surface area (Å²) in [5.41, 5.74) is 2.79. The Hall–Kier alpha value is -2.82. The Balaban J connectivity index is 2.06. The second-order valence-electron chi connectivity index (χ2n) is 5.67. The van der Waals surface area contributed by atoms with Crippen molar-refractivity contribution < 1.29 is 14.3 Å².